The lowest BCUT2D eigenvalue weighted by atomic mass is 9.89. The Hall–Kier alpha value is -1.70. The standard InChI is InChI=1S/C22H31ClFN3O2Si/c1-21(2,3)30(7,8)29-12-17-25-19(23)18-20(26-17)27(13-22(18,4)5)15-10-9-14(24)11-16(15)28-6/h9-11H,12-13H2,1-8H3. The van der Waals surface area contributed by atoms with Crippen LogP contribution in [0.4, 0.5) is 15.9 Å². The summed E-state index contributed by atoms with van der Waals surface area (Å²) in [5.74, 6) is 1.37. The van der Waals surface area contributed by atoms with Crippen LogP contribution in [-0.4, -0.2) is 31.9 Å². The fraction of sp³-hybridized carbons (Fsp3) is 0.545. The Balaban J connectivity index is 2.03. The van der Waals surface area contributed by atoms with Crippen molar-refractivity contribution in [1.29, 1.82) is 0 Å². The normalized spacial score (nSPS) is 16.0. The fourth-order valence-electron chi connectivity index (χ4n) is 3.39. The van der Waals surface area contributed by atoms with E-state index in [9.17, 15) is 4.39 Å². The van der Waals surface area contributed by atoms with Crippen LogP contribution in [0.1, 0.15) is 46.0 Å². The number of anilines is 2. The van der Waals surface area contributed by atoms with Gasteiger partial charge in [-0.1, -0.05) is 46.2 Å². The molecule has 0 amide bonds. The average molecular weight is 452 g/mol. The number of nitrogens with zero attached hydrogens (tertiary/aromatic N) is 3. The van der Waals surface area contributed by atoms with Crippen molar-refractivity contribution < 1.29 is 13.6 Å². The molecular weight excluding hydrogens is 421 g/mol. The molecule has 0 N–H and O–H groups in total. The quantitative estimate of drug-likeness (QED) is 0.398. The number of halogens is 2. The lowest BCUT2D eigenvalue weighted by Gasteiger charge is -2.35. The highest BCUT2D eigenvalue weighted by Gasteiger charge is 2.42. The van der Waals surface area contributed by atoms with Gasteiger partial charge in [-0.15, -0.1) is 0 Å². The molecule has 8 heteroatoms. The predicted octanol–water partition coefficient (Wildman–Crippen LogP) is 6.23. The van der Waals surface area contributed by atoms with Crippen LogP contribution in [0.15, 0.2) is 18.2 Å². The van der Waals surface area contributed by atoms with Crippen LogP contribution in [0.25, 0.3) is 0 Å². The summed E-state index contributed by atoms with van der Waals surface area (Å²) in [5, 5.41) is 0.519. The number of benzene rings is 1. The molecule has 164 valence electrons. The average Bonchev–Trinajstić information content (AvgIpc) is 2.90. The molecule has 0 saturated heterocycles. The van der Waals surface area contributed by atoms with Crippen LogP contribution >= 0.6 is 11.6 Å². The molecule has 0 atom stereocenters. The third kappa shape index (κ3) is 4.20. The van der Waals surface area contributed by atoms with Crippen molar-refractivity contribution in [3.63, 3.8) is 0 Å². The Kier molecular flexibility index (Phi) is 5.95. The summed E-state index contributed by atoms with van der Waals surface area (Å²) in [4.78, 5) is 11.4. The maximum absolute atomic E-state index is 13.7. The first-order valence-electron chi connectivity index (χ1n) is 10.1. The third-order valence-corrected chi connectivity index (χ3v) is 10.9. The number of aromatic nitrogens is 2. The molecule has 2 aromatic rings. The predicted molar refractivity (Wildman–Crippen MR) is 122 cm³/mol. The summed E-state index contributed by atoms with van der Waals surface area (Å²) >= 11 is 6.64. The van der Waals surface area contributed by atoms with Crippen molar-refractivity contribution in [1.82, 2.24) is 9.97 Å². The van der Waals surface area contributed by atoms with Crippen molar-refractivity contribution in [2.45, 2.75) is 64.8 Å². The van der Waals surface area contributed by atoms with E-state index in [4.69, 9.17) is 25.7 Å². The third-order valence-electron chi connectivity index (χ3n) is 6.18. The molecular formula is C22H31ClFN3O2Si. The van der Waals surface area contributed by atoms with Crippen LogP contribution in [0.2, 0.25) is 23.3 Å². The Bertz CT molecular complexity index is 960. The minimum absolute atomic E-state index is 0.0863. The van der Waals surface area contributed by atoms with Gasteiger partial charge < -0.3 is 14.1 Å². The summed E-state index contributed by atoms with van der Waals surface area (Å²) in [7, 11) is -0.426. The minimum atomic E-state index is -1.96. The number of hydrogen-bond donors (Lipinski definition) is 0. The van der Waals surface area contributed by atoms with Crippen LogP contribution in [0.3, 0.4) is 0 Å². The van der Waals surface area contributed by atoms with Gasteiger partial charge in [-0.25, -0.2) is 14.4 Å². The molecule has 0 spiro atoms. The highest BCUT2D eigenvalue weighted by atomic mass is 35.5. The SMILES string of the molecule is COc1cc(F)ccc1N1CC(C)(C)c2c(Cl)nc(CO[Si](C)(C)C(C)(C)C)nc21. The topological polar surface area (TPSA) is 47.5 Å². The van der Waals surface area contributed by atoms with Gasteiger partial charge in [0.1, 0.15) is 22.5 Å². The summed E-state index contributed by atoms with van der Waals surface area (Å²) in [6.45, 7) is 16.1. The molecule has 1 aliphatic rings. The second-order valence-electron chi connectivity index (χ2n) is 9.96. The number of hydrogen-bond acceptors (Lipinski definition) is 5. The molecule has 2 heterocycles. The van der Waals surface area contributed by atoms with Crippen LogP contribution < -0.4 is 9.64 Å². The first-order valence-corrected chi connectivity index (χ1v) is 13.4. The molecule has 30 heavy (non-hydrogen) atoms. The Morgan fingerprint density at radius 3 is 2.50 bits per heavy atom. The molecule has 1 aromatic heterocycles. The number of fused-ring (bicyclic) bond motifs is 1. The smallest absolute Gasteiger partial charge is 0.192 e. The first-order chi connectivity index (χ1) is 13.8. The van der Waals surface area contributed by atoms with Crippen molar-refractivity contribution in [2.24, 2.45) is 0 Å². The van der Waals surface area contributed by atoms with E-state index in [2.05, 4.69) is 52.7 Å². The highest BCUT2D eigenvalue weighted by molar-refractivity contribution is 6.74. The van der Waals surface area contributed by atoms with Crippen molar-refractivity contribution in [2.75, 3.05) is 18.6 Å². The van der Waals surface area contributed by atoms with Gasteiger partial charge in [0.25, 0.3) is 0 Å². The van der Waals surface area contributed by atoms with Crippen LogP contribution in [0, 0.1) is 5.82 Å². The highest BCUT2D eigenvalue weighted by Crippen LogP contribution is 2.48. The lowest BCUT2D eigenvalue weighted by Crippen LogP contribution is -2.40. The number of methoxy groups -OCH3 is 1. The van der Waals surface area contributed by atoms with Gasteiger partial charge in [-0.2, -0.15) is 0 Å². The van der Waals surface area contributed by atoms with E-state index in [1.54, 1.807) is 6.07 Å². The van der Waals surface area contributed by atoms with Crippen LogP contribution in [0.5, 0.6) is 5.75 Å². The van der Waals surface area contributed by atoms with Crippen molar-refractivity contribution in [3.8, 4) is 5.75 Å². The molecule has 0 aliphatic carbocycles. The first kappa shape index (κ1) is 23.0. The van der Waals surface area contributed by atoms with Crippen molar-refractivity contribution in [3.05, 3.63) is 40.6 Å². The zero-order chi connectivity index (χ0) is 22.5. The zero-order valence-corrected chi connectivity index (χ0v) is 20.8. The molecule has 0 unspecified atom stereocenters. The zero-order valence-electron chi connectivity index (χ0n) is 19.1. The maximum atomic E-state index is 13.7. The fourth-order valence-corrected chi connectivity index (χ4v) is 4.75. The largest absolute Gasteiger partial charge is 0.494 e. The Morgan fingerprint density at radius 2 is 1.90 bits per heavy atom. The van der Waals surface area contributed by atoms with E-state index >= 15 is 0 Å². The Morgan fingerprint density at radius 1 is 1.23 bits per heavy atom. The van der Waals surface area contributed by atoms with Crippen molar-refractivity contribution >= 4 is 31.4 Å². The van der Waals surface area contributed by atoms with Crippen LogP contribution in [-0.2, 0) is 16.4 Å². The molecule has 5 nitrogen and oxygen atoms in total. The number of ether oxygens (including phenoxy) is 1. The van der Waals surface area contributed by atoms with Gasteiger partial charge in [0, 0.05) is 23.6 Å². The van der Waals surface area contributed by atoms with Gasteiger partial charge in [-0.3, -0.25) is 0 Å². The summed E-state index contributed by atoms with van der Waals surface area (Å²) in [5.41, 5.74) is 1.35. The van der Waals surface area contributed by atoms with Gasteiger partial charge in [-0.05, 0) is 30.3 Å². The molecule has 3 rings (SSSR count). The monoisotopic (exact) mass is 451 g/mol. The van der Waals surface area contributed by atoms with Gasteiger partial charge in [0.15, 0.2) is 14.1 Å². The van der Waals surface area contributed by atoms with Gasteiger partial charge in [0.2, 0.25) is 0 Å². The van der Waals surface area contributed by atoms with Gasteiger partial charge >= 0.3 is 0 Å². The maximum Gasteiger partial charge on any atom is 0.192 e. The summed E-state index contributed by atoms with van der Waals surface area (Å²) < 4.78 is 25.5. The number of rotatable bonds is 5. The van der Waals surface area contributed by atoms with E-state index in [0.717, 1.165) is 17.1 Å². The lowest BCUT2D eigenvalue weighted by molar-refractivity contribution is 0.267. The molecule has 0 radical (unpaired) electrons. The summed E-state index contributed by atoms with van der Waals surface area (Å²) in [6.07, 6.45) is 0. The minimum Gasteiger partial charge on any atom is -0.494 e. The Labute approximate surface area is 184 Å². The van der Waals surface area contributed by atoms with Gasteiger partial charge in [0.05, 0.1) is 19.4 Å². The molecule has 0 saturated carbocycles. The van der Waals surface area contributed by atoms with E-state index in [0.29, 0.717) is 29.9 Å². The molecule has 0 bridgehead atoms. The summed E-state index contributed by atoms with van der Waals surface area (Å²) in [6, 6.07) is 4.51. The molecule has 1 aliphatic heterocycles. The van der Waals surface area contributed by atoms with E-state index in [1.807, 2.05) is 4.90 Å². The van der Waals surface area contributed by atoms with E-state index in [-0.39, 0.29) is 16.3 Å². The van der Waals surface area contributed by atoms with E-state index < -0.39 is 8.32 Å². The van der Waals surface area contributed by atoms with E-state index in [1.165, 1.54) is 19.2 Å². The molecule has 1 aromatic carbocycles. The second-order valence-corrected chi connectivity index (χ2v) is 15.1. The molecule has 0 fully saturated rings. The second kappa shape index (κ2) is 7.77.